The fourth-order valence-electron chi connectivity index (χ4n) is 2.12. The fourth-order valence-corrected chi connectivity index (χ4v) is 2.60. The summed E-state index contributed by atoms with van der Waals surface area (Å²) in [5.74, 6) is -0.143. The Morgan fingerprint density at radius 2 is 2.00 bits per heavy atom. The average Bonchev–Trinajstić information content (AvgIpc) is 3.14. The third-order valence-corrected chi connectivity index (χ3v) is 3.73. The van der Waals surface area contributed by atoms with Crippen molar-refractivity contribution in [3.63, 3.8) is 0 Å². The molecule has 0 amide bonds. The predicted octanol–water partition coefficient (Wildman–Crippen LogP) is 3.08. The highest BCUT2D eigenvalue weighted by molar-refractivity contribution is 9.10. The average molecular weight is 345 g/mol. The number of nitrogens with zero attached hydrogens (tertiary/aromatic N) is 4. The first-order valence-corrected chi connectivity index (χ1v) is 7.37. The van der Waals surface area contributed by atoms with Gasteiger partial charge >= 0.3 is 0 Å². The number of hydrogen-bond donors (Lipinski definition) is 0. The van der Waals surface area contributed by atoms with Crippen LogP contribution in [0.1, 0.15) is 23.1 Å². The fraction of sp³-hybridized carbons (Fsp3) is 0.133. The number of hydrogen-bond acceptors (Lipinski definition) is 3. The van der Waals surface area contributed by atoms with E-state index in [4.69, 9.17) is 0 Å². The van der Waals surface area contributed by atoms with Crippen molar-refractivity contribution in [3.05, 3.63) is 64.7 Å². The van der Waals surface area contributed by atoms with Crippen molar-refractivity contribution in [2.45, 2.75) is 13.5 Å². The maximum absolute atomic E-state index is 12.6. The lowest BCUT2D eigenvalue weighted by molar-refractivity contribution is 0.102. The first-order chi connectivity index (χ1) is 10.2. The van der Waals surface area contributed by atoms with E-state index in [0.29, 0.717) is 22.4 Å². The molecule has 0 fully saturated rings. The maximum Gasteiger partial charge on any atom is 0.232 e. The molecule has 6 heteroatoms. The molecule has 3 rings (SSSR count). The van der Waals surface area contributed by atoms with Gasteiger partial charge in [-0.1, -0.05) is 18.2 Å². The molecular weight excluding hydrogens is 332 g/mol. The SMILES string of the molecule is CCn1ncc(Br)c1C(=O)c1ccn(-c2ccccc2)n1. The normalized spacial score (nSPS) is 10.8. The van der Waals surface area contributed by atoms with Crippen LogP contribution in [-0.4, -0.2) is 25.3 Å². The molecule has 21 heavy (non-hydrogen) atoms. The largest absolute Gasteiger partial charge is 0.285 e. The molecule has 0 aliphatic carbocycles. The molecule has 0 saturated heterocycles. The van der Waals surface area contributed by atoms with Crippen LogP contribution in [0.3, 0.4) is 0 Å². The van der Waals surface area contributed by atoms with Crippen LogP contribution in [0.4, 0.5) is 0 Å². The molecule has 0 aliphatic rings. The molecule has 0 bridgehead atoms. The zero-order valence-corrected chi connectivity index (χ0v) is 13.0. The van der Waals surface area contributed by atoms with Gasteiger partial charge in [-0.3, -0.25) is 9.48 Å². The van der Waals surface area contributed by atoms with Crippen LogP contribution < -0.4 is 0 Å². The molecule has 0 spiro atoms. The summed E-state index contributed by atoms with van der Waals surface area (Å²) in [6.07, 6.45) is 3.41. The van der Waals surface area contributed by atoms with E-state index in [1.54, 1.807) is 27.8 Å². The maximum atomic E-state index is 12.6. The molecular formula is C15H13BrN4O. The first kappa shape index (κ1) is 13.8. The number of carbonyl (C=O) groups is 1. The number of carbonyl (C=O) groups excluding carboxylic acids is 1. The molecule has 3 aromatic rings. The molecule has 5 nitrogen and oxygen atoms in total. The van der Waals surface area contributed by atoms with E-state index >= 15 is 0 Å². The van der Waals surface area contributed by atoms with E-state index in [1.165, 1.54) is 0 Å². The Balaban J connectivity index is 1.97. The number of rotatable bonds is 4. The second-order valence-electron chi connectivity index (χ2n) is 4.47. The van der Waals surface area contributed by atoms with Crippen LogP contribution in [0, 0.1) is 0 Å². The van der Waals surface area contributed by atoms with Crippen LogP contribution in [-0.2, 0) is 6.54 Å². The van der Waals surface area contributed by atoms with E-state index in [9.17, 15) is 4.79 Å². The number of benzene rings is 1. The molecule has 0 aliphatic heterocycles. The van der Waals surface area contributed by atoms with Crippen molar-refractivity contribution >= 4 is 21.7 Å². The van der Waals surface area contributed by atoms with E-state index < -0.39 is 0 Å². The Labute approximate surface area is 130 Å². The van der Waals surface area contributed by atoms with Gasteiger partial charge in [0, 0.05) is 12.7 Å². The van der Waals surface area contributed by atoms with Crippen LogP contribution in [0.25, 0.3) is 5.69 Å². The summed E-state index contributed by atoms with van der Waals surface area (Å²) in [5, 5.41) is 8.52. The molecule has 0 unspecified atom stereocenters. The monoisotopic (exact) mass is 344 g/mol. The highest BCUT2D eigenvalue weighted by Crippen LogP contribution is 2.19. The summed E-state index contributed by atoms with van der Waals surface area (Å²) in [5.41, 5.74) is 1.84. The lowest BCUT2D eigenvalue weighted by Crippen LogP contribution is -2.12. The first-order valence-electron chi connectivity index (χ1n) is 6.58. The third-order valence-electron chi connectivity index (χ3n) is 3.15. The number of aryl methyl sites for hydroxylation is 1. The number of ketones is 1. The molecule has 0 atom stereocenters. The van der Waals surface area contributed by atoms with Gasteiger partial charge in [-0.15, -0.1) is 0 Å². The summed E-state index contributed by atoms with van der Waals surface area (Å²) in [7, 11) is 0. The molecule has 106 valence electrons. The standard InChI is InChI=1S/C15H13BrN4O/c1-2-19-14(12(16)10-17-19)15(21)13-8-9-20(18-13)11-6-4-3-5-7-11/h3-10H,2H2,1H3. The van der Waals surface area contributed by atoms with Crippen molar-refractivity contribution in [1.82, 2.24) is 19.6 Å². The van der Waals surface area contributed by atoms with Gasteiger partial charge in [0.25, 0.3) is 0 Å². The Morgan fingerprint density at radius 3 is 2.71 bits per heavy atom. The van der Waals surface area contributed by atoms with Gasteiger partial charge in [0.15, 0.2) is 0 Å². The van der Waals surface area contributed by atoms with E-state index in [1.807, 2.05) is 37.3 Å². The molecule has 0 radical (unpaired) electrons. The smallest absolute Gasteiger partial charge is 0.232 e. The topological polar surface area (TPSA) is 52.7 Å². The van der Waals surface area contributed by atoms with Gasteiger partial charge < -0.3 is 0 Å². The third kappa shape index (κ3) is 2.54. The van der Waals surface area contributed by atoms with Gasteiger partial charge in [-0.05, 0) is 41.1 Å². The zero-order chi connectivity index (χ0) is 14.8. The minimum absolute atomic E-state index is 0.143. The summed E-state index contributed by atoms with van der Waals surface area (Å²) in [6, 6.07) is 11.4. The minimum Gasteiger partial charge on any atom is -0.285 e. The predicted molar refractivity (Wildman–Crippen MR) is 82.6 cm³/mol. The Hall–Kier alpha value is -2.21. The van der Waals surface area contributed by atoms with Crippen molar-refractivity contribution in [3.8, 4) is 5.69 Å². The number of aromatic nitrogens is 4. The summed E-state index contributed by atoms with van der Waals surface area (Å²) in [6.45, 7) is 2.57. The van der Waals surface area contributed by atoms with Crippen molar-refractivity contribution in [2.75, 3.05) is 0 Å². The zero-order valence-electron chi connectivity index (χ0n) is 11.4. The Bertz CT molecular complexity index is 776. The van der Waals surface area contributed by atoms with Gasteiger partial charge in [0.1, 0.15) is 11.4 Å². The second-order valence-corrected chi connectivity index (χ2v) is 5.32. The van der Waals surface area contributed by atoms with Gasteiger partial charge in [-0.25, -0.2) is 4.68 Å². The van der Waals surface area contributed by atoms with E-state index in [-0.39, 0.29) is 5.78 Å². The number of para-hydroxylation sites is 1. The lowest BCUT2D eigenvalue weighted by atomic mass is 10.2. The summed E-state index contributed by atoms with van der Waals surface area (Å²) >= 11 is 3.37. The Morgan fingerprint density at radius 1 is 1.24 bits per heavy atom. The van der Waals surface area contributed by atoms with Crippen molar-refractivity contribution < 1.29 is 4.79 Å². The highest BCUT2D eigenvalue weighted by Gasteiger charge is 2.20. The summed E-state index contributed by atoms with van der Waals surface area (Å²) < 4.78 is 4.03. The molecule has 0 N–H and O–H groups in total. The van der Waals surface area contributed by atoms with Crippen LogP contribution in [0.15, 0.2) is 53.3 Å². The minimum atomic E-state index is -0.143. The van der Waals surface area contributed by atoms with Crippen molar-refractivity contribution in [2.24, 2.45) is 0 Å². The van der Waals surface area contributed by atoms with Crippen molar-refractivity contribution in [1.29, 1.82) is 0 Å². The van der Waals surface area contributed by atoms with E-state index in [0.717, 1.165) is 5.69 Å². The quantitative estimate of drug-likeness (QED) is 0.683. The lowest BCUT2D eigenvalue weighted by Gasteiger charge is -2.03. The molecule has 2 aromatic heterocycles. The molecule has 2 heterocycles. The summed E-state index contributed by atoms with van der Waals surface area (Å²) in [4.78, 5) is 12.6. The Kier molecular flexibility index (Phi) is 3.70. The van der Waals surface area contributed by atoms with Gasteiger partial charge in [0.05, 0.1) is 16.4 Å². The van der Waals surface area contributed by atoms with Crippen LogP contribution in [0.5, 0.6) is 0 Å². The second kappa shape index (κ2) is 5.65. The molecule has 1 aromatic carbocycles. The molecule has 0 saturated carbocycles. The highest BCUT2D eigenvalue weighted by atomic mass is 79.9. The van der Waals surface area contributed by atoms with Gasteiger partial charge in [0.2, 0.25) is 5.78 Å². The van der Waals surface area contributed by atoms with Gasteiger partial charge in [-0.2, -0.15) is 10.2 Å². The number of halogens is 1. The van der Waals surface area contributed by atoms with Crippen LogP contribution in [0.2, 0.25) is 0 Å². The van der Waals surface area contributed by atoms with Crippen LogP contribution >= 0.6 is 15.9 Å². The van der Waals surface area contributed by atoms with E-state index in [2.05, 4.69) is 26.1 Å².